The van der Waals surface area contributed by atoms with Crippen LogP contribution in [-0.2, 0) is 21.6 Å². The van der Waals surface area contributed by atoms with E-state index in [4.69, 9.17) is 11.6 Å². The number of nitrogens with zero attached hydrogens (tertiary/aromatic N) is 1. The van der Waals surface area contributed by atoms with Crippen LogP contribution in [0.1, 0.15) is 61.4 Å². The molecule has 3 aromatic rings. The van der Waals surface area contributed by atoms with Gasteiger partial charge in [0, 0.05) is 16.4 Å². The summed E-state index contributed by atoms with van der Waals surface area (Å²) in [5.74, 6) is -0.454. The summed E-state index contributed by atoms with van der Waals surface area (Å²) >= 11 is 6.37. The van der Waals surface area contributed by atoms with E-state index in [1.54, 1.807) is 12.1 Å². The Balaban J connectivity index is 1.40. The average molecular weight is 582 g/mol. The van der Waals surface area contributed by atoms with Crippen LogP contribution in [0.4, 0.5) is 13.9 Å². The van der Waals surface area contributed by atoms with E-state index in [1.165, 1.54) is 23.5 Å². The highest BCUT2D eigenvalue weighted by Gasteiger charge is 2.53. The fourth-order valence-corrected chi connectivity index (χ4v) is 6.38. The number of hydrogen-bond donors (Lipinski definition) is 2. The number of anilines is 1. The summed E-state index contributed by atoms with van der Waals surface area (Å²) in [7, 11) is 0. The number of carbonyl (C=O) groups excluding carboxylic acids is 1. The maximum absolute atomic E-state index is 13.5. The van der Waals surface area contributed by atoms with Crippen molar-refractivity contribution in [2.75, 3.05) is 5.32 Å². The van der Waals surface area contributed by atoms with Gasteiger partial charge in [0.15, 0.2) is 16.6 Å². The fraction of sp³-hybridized carbons (Fsp3) is 0.385. The van der Waals surface area contributed by atoms with Crippen LogP contribution >= 0.6 is 22.9 Å². The lowest BCUT2D eigenvalue weighted by atomic mass is 9.94. The Hall–Kier alpha value is -2.44. The van der Waals surface area contributed by atoms with Crippen LogP contribution < -0.4 is 19.5 Å². The molecule has 38 heavy (non-hydrogen) atoms. The van der Waals surface area contributed by atoms with Crippen molar-refractivity contribution < 1.29 is 27.6 Å². The Morgan fingerprint density at radius 1 is 1.18 bits per heavy atom. The third-order valence-corrected chi connectivity index (χ3v) is 9.50. The number of alkyl halides is 2. The van der Waals surface area contributed by atoms with Crippen molar-refractivity contribution >= 4 is 45.3 Å². The summed E-state index contributed by atoms with van der Waals surface area (Å²) in [6, 6.07) is 11.2. The van der Waals surface area contributed by atoms with Crippen LogP contribution in [0.3, 0.4) is 0 Å². The number of fused-ring (bicyclic) bond motifs is 1. The Bertz CT molecular complexity index is 1390. The van der Waals surface area contributed by atoms with Gasteiger partial charge in [0.25, 0.3) is 0 Å². The van der Waals surface area contributed by atoms with Gasteiger partial charge >= 0.3 is 6.29 Å². The molecule has 2 aromatic carbocycles. The lowest BCUT2D eigenvalue weighted by molar-refractivity contribution is -0.286. The van der Waals surface area contributed by atoms with Crippen LogP contribution in [0.25, 0.3) is 0 Å². The van der Waals surface area contributed by atoms with Gasteiger partial charge in [-0.05, 0) is 69.9 Å². The molecular weight excluding hydrogens is 556 g/mol. The van der Waals surface area contributed by atoms with Gasteiger partial charge in [-0.25, -0.2) is 4.98 Å². The second-order valence-corrected chi connectivity index (χ2v) is 13.7. The summed E-state index contributed by atoms with van der Waals surface area (Å²) < 4.78 is 51.7. The first kappa shape index (κ1) is 27.1. The van der Waals surface area contributed by atoms with E-state index in [2.05, 4.69) is 24.5 Å². The Kier molecular flexibility index (Phi) is 6.88. The first-order chi connectivity index (χ1) is 17.8. The molecule has 0 radical (unpaired) electrons. The van der Waals surface area contributed by atoms with Crippen LogP contribution in [-0.4, -0.2) is 26.5 Å². The predicted octanol–water partition coefficient (Wildman–Crippen LogP) is 6.24. The van der Waals surface area contributed by atoms with E-state index in [-0.39, 0.29) is 17.4 Å². The molecule has 12 heteroatoms. The van der Waals surface area contributed by atoms with E-state index in [0.717, 1.165) is 10.4 Å². The molecule has 0 saturated heterocycles. The van der Waals surface area contributed by atoms with Gasteiger partial charge in [0.1, 0.15) is 10.8 Å². The third-order valence-electron chi connectivity index (χ3n) is 6.45. The minimum Gasteiger partial charge on any atom is -0.598 e. The molecule has 0 bridgehead atoms. The Morgan fingerprint density at radius 2 is 1.87 bits per heavy atom. The zero-order valence-electron chi connectivity index (χ0n) is 21.1. The highest BCUT2D eigenvalue weighted by molar-refractivity contribution is 7.90. The lowest BCUT2D eigenvalue weighted by Crippen LogP contribution is -2.41. The number of aromatic nitrogens is 1. The second kappa shape index (κ2) is 9.63. The van der Waals surface area contributed by atoms with E-state index in [9.17, 15) is 18.1 Å². The topological polar surface area (TPSA) is 95.5 Å². The van der Waals surface area contributed by atoms with Gasteiger partial charge < -0.3 is 19.3 Å². The number of rotatable bonds is 7. The number of nitrogens with one attached hydrogen (secondary N) is 2. The van der Waals surface area contributed by atoms with Crippen LogP contribution in [0.5, 0.6) is 11.5 Å². The molecule has 1 aliphatic heterocycles. The minimum atomic E-state index is -3.72. The Labute approximate surface area is 231 Å². The molecule has 2 atom stereocenters. The SMILES string of the molecule is Cc1nc(NC(=O)C2(c3ccc4c(c3)OC(F)(F)O4)CC2)sc1C(N[S@+]([O-])C(C)(C)C)c1ccccc1Cl. The number of carbonyl (C=O) groups is 1. The molecule has 2 N–H and O–H groups in total. The maximum atomic E-state index is 13.5. The zero-order chi connectivity index (χ0) is 27.5. The normalized spacial score (nSPS) is 18.6. The fourth-order valence-electron chi connectivity index (χ4n) is 4.22. The van der Waals surface area contributed by atoms with Crippen molar-refractivity contribution in [2.45, 2.75) is 63.0 Å². The number of amides is 1. The number of aryl methyl sites for hydroxylation is 1. The highest BCUT2D eigenvalue weighted by atomic mass is 35.5. The third kappa shape index (κ3) is 5.22. The number of ether oxygens (including phenoxy) is 2. The summed E-state index contributed by atoms with van der Waals surface area (Å²) in [6.07, 6.45) is -2.61. The largest absolute Gasteiger partial charge is 0.598 e. The molecule has 2 aliphatic rings. The van der Waals surface area contributed by atoms with Gasteiger partial charge in [-0.2, -0.15) is 0 Å². The van der Waals surface area contributed by atoms with Crippen molar-refractivity contribution in [3.05, 3.63) is 69.2 Å². The van der Waals surface area contributed by atoms with Gasteiger partial charge in [-0.3, -0.25) is 4.79 Å². The van der Waals surface area contributed by atoms with E-state index in [1.807, 2.05) is 45.9 Å². The van der Waals surface area contributed by atoms with Crippen molar-refractivity contribution in [1.82, 2.24) is 9.71 Å². The molecule has 1 aliphatic carbocycles. The summed E-state index contributed by atoms with van der Waals surface area (Å²) in [5.41, 5.74) is 1.10. The van der Waals surface area contributed by atoms with Gasteiger partial charge in [0.2, 0.25) is 5.91 Å². The molecule has 1 unspecified atom stereocenters. The van der Waals surface area contributed by atoms with Crippen molar-refractivity contribution in [2.24, 2.45) is 0 Å². The van der Waals surface area contributed by atoms with Crippen molar-refractivity contribution in [3.8, 4) is 11.5 Å². The second-order valence-electron chi connectivity index (χ2n) is 10.3. The molecule has 1 aromatic heterocycles. The summed E-state index contributed by atoms with van der Waals surface area (Å²) in [5, 5.41) is 3.79. The summed E-state index contributed by atoms with van der Waals surface area (Å²) in [4.78, 5) is 18.7. The smallest absolute Gasteiger partial charge is 0.586 e. The molecule has 1 saturated carbocycles. The van der Waals surface area contributed by atoms with Gasteiger partial charge in [-0.1, -0.05) is 47.2 Å². The van der Waals surface area contributed by atoms with Crippen molar-refractivity contribution in [3.63, 3.8) is 0 Å². The number of benzene rings is 2. The van der Waals surface area contributed by atoms with E-state index >= 15 is 0 Å². The highest BCUT2D eigenvalue weighted by Crippen LogP contribution is 2.52. The number of hydrogen-bond acceptors (Lipinski definition) is 7. The molecule has 202 valence electrons. The molecule has 5 rings (SSSR count). The number of halogens is 3. The first-order valence-electron chi connectivity index (χ1n) is 11.9. The maximum Gasteiger partial charge on any atom is 0.586 e. The quantitative estimate of drug-likeness (QED) is 0.321. The van der Waals surface area contributed by atoms with Crippen LogP contribution in [0.15, 0.2) is 42.5 Å². The lowest BCUT2D eigenvalue weighted by Gasteiger charge is -2.28. The van der Waals surface area contributed by atoms with Gasteiger partial charge in [-0.15, -0.1) is 13.5 Å². The van der Waals surface area contributed by atoms with Gasteiger partial charge in [0.05, 0.1) is 16.0 Å². The standard InChI is InChI=1S/C26H26ClF2N3O4S2/c1-14-21(20(32-38(34)24(2,3)4)16-7-5-6-8-17(16)27)37-23(30-14)31-22(33)25(11-12-25)15-9-10-18-19(13-15)36-26(28,29)35-18/h5-10,13,20,32H,11-12H2,1-4H3,(H,30,31,33)/t20?,38-/m1/s1. The number of thiazole rings is 1. The van der Waals surface area contributed by atoms with Crippen LogP contribution in [0, 0.1) is 6.92 Å². The van der Waals surface area contributed by atoms with E-state index in [0.29, 0.717) is 34.3 Å². The molecule has 0 spiro atoms. The molecule has 1 amide bonds. The first-order valence-corrected chi connectivity index (χ1v) is 14.3. The molecular formula is C26H26ClF2N3O4S2. The predicted molar refractivity (Wildman–Crippen MR) is 143 cm³/mol. The van der Waals surface area contributed by atoms with Crippen LogP contribution in [0.2, 0.25) is 5.02 Å². The van der Waals surface area contributed by atoms with E-state index < -0.39 is 33.9 Å². The zero-order valence-corrected chi connectivity index (χ0v) is 23.5. The molecule has 7 nitrogen and oxygen atoms in total. The minimum absolute atomic E-state index is 0.0686. The summed E-state index contributed by atoms with van der Waals surface area (Å²) in [6.45, 7) is 7.43. The molecule has 1 fully saturated rings. The Morgan fingerprint density at radius 3 is 2.53 bits per heavy atom. The monoisotopic (exact) mass is 581 g/mol. The average Bonchev–Trinajstić information content (AvgIpc) is 3.47. The van der Waals surface area contributed by atoms with Crippen molar-refractivity contribution in [1.29, 1.82) is 0 Å². The molecule has 2 heterocycles.